The van der Waals surface area contributed by atoms with E-state index in [1.54, 1.807) is 16.7 Å². The fourth-order valence-corrected chi connectivity index (χ4v) is 13.5. The Labute approximate surface area is 302 Å². The molecule has 1 heteroatoms. The van der Waals surface area contributed by atoms with Gasteiger partial charge in [-0.15, -0.1) is 0 Å². The molecule has 4 bridgehead atoms. The smallest absolute Gasteiger partial charge is 0.123 e. The maximum absolute atomic E-state index is 11.9. The summed E-state index contributed by atoms with van der Waals surface area (Å²) in [5, 5.41) is 11.9. The van der Waals surface area contributed by atoms with Crippen molar-refractivity contribution in [2.45, 2.75) is 80.0 Å². The molecular formula is C50H44O. The highest BCUT2D eigenvalue weighted by Crippen LogP contribution is 2.77. The van der Waals surface area contributed by atoms with E-state index in [-0.39, 0.29) is 16.2 Å². The van der Waals surface area contributed by atoms with Crippen LogP contribution >= 0.6 is 0 Å². The van der Waals surface area contributed by atoms with Gasteiger partial charge in [-0.05, 0) is 130 Å². The average molecular weight is 661 g/mol. The first-order valence-corrected chi connectivity index (χ1v) is 19.3. The van der Waals surface area contributed by atoms with Crippen molar-refractivity contribution in [3.63, 3.8) is 0 Å². The summed E-state index contributed by atoms with van der Waals surface area (Å²) in [4.78, 5) is 0. The number of phenolic OH excluding ortho intramolecular Hbond substituents is 1. The molecule has 6 aromatic carbocycles. The van der Waals surface area contributed by atoms with E-state index in [1.165, 1.54) is 63.8 Å². The fraction of sp³-hybridized carbons (Fsp3) is 0.280. The van der Waals surface area contributed by atoms with Gasteiger partial charge >= 0.3 is 0 Å². The minimum Gasteiger partial charge on any atom is -0.507 e. The van der Waals surface area contributed by atoms with Crippen molar-refractivity contribution < 1.29 is 5.11 Å². The number of hydrogen-bond acceptors (Lipinski definition) is 1. The van der Waals surface area contributed by atoms with Crippen molar-refractivity contribution in [1.29, 1.82) is 0 Å². The van der Waals surface area contributed by atoms with Crippen LogP contribution in [0.25, 0.3) is 33.4 Å². The van der Waals surface area contributed by atoms with Crippen molar-refractivity contribution >= 4 is 0 Å². The van der Waals surface area contributed by atoms with Gasteiger partial charge < -0.3 is 5.11 Å². The molecule has 0 aliphatic heterocycles. The van der Waals surface area contributed by atoms with Gasteiger partial charge in [-0.3, -0.25) is 0 Å². The Kier molecular flexibility index (Phi) is 6.18. The first kappa shape index (κ1) is 29.8. The van der Waals surface area contributed by atoms with E-state index < -0.39 is 0 Å². The molecule has 0 aromatic heterocycles. The Morgan fingerprint density at radius 3 is 1.61 bits per heavy atom. The van der Waals surface area contributed by atoms with Crippen LogP contribution in [0.5, 0.6) is 5.75 Å². The van der Waals surface area contributed by atoms with E-state index in [9.17, 15) is 5.11 Å². The number of hydrogen-bond donors (Lipinski definition) is 1. The average Bonchev–Trinajstić information content (AvgIpc) is 3.32. The summed E-state index contributed by atoms with van der Waals surface area (Å²) >= 11 is 0. The minimum absolute atomic E-state index is 0.0547. The zero-order valence-electron chi connectivity index (χ0n) is 29.4. The Morgan fingerprint density at radius 1 is 0.451 bits per heavy atom. The summed E-state index contributed by atoms with van der Waals surface area (Å²) in [5.41, 5.74) is 16.6. The molecule has 5 aliphatic carbocycles. The Balaban J connectivity index is 1.31. The summed E-state index contributed by atoms with van der Waals surface area (Å²) in [7, 11) is 0. The minimum atomic E-state index is -0.0955. The van der Waals surface area contributed by atoms with Crippen molar-refractivity contribution in [1.82, 2.24) is 0 Å². The van der Waals surface area contributed by atoms with Crippen LogP contribution in [0.1, 0.15) is 90.2 Å². The predicted octanol–water partition coefficient (Wildman–Crippen LogP) is 12.4. The van der Waals surface area contributed by atoms with Crippen molar-refractivity contribution in [2.75, 3.05) is 0 Å². The molecule has 3 fully saturated rings. The highest BCUT2D eigenvalue weighted by atomic mass is 16.3. The van der Waals surface area contributed by atoms with Gasteiger partial charge in [-0.1, -0.05) is 140 Å². The highest BCUT2D eigenvalue weighted by molar-refractivity contribution is 5.82. The number of phenols is 1. The lowest BCUT2D eigenvalue weighted by molar-refractivity contribution is -0.0729. The highest BCUT2D eigenvalue weighted by Gasteiger charge is 2.70. The van der Waals surface area contributed by atoms with Crippen molar-refractivity contribution in [3.8, 4) is 39.1 Å². The molecule has 6 aromatic rings. The summed E-state index contributed by atoms with van der Waals surface area (Å²) in [6.07, 6.45) is 8.14. The summed E-state index contributed by atoms with van der Waals surface area (Å²) in [6, 6.07) is 53.2. The van der Waals surface area contributed by atoms with Gasteiger partial charge in [0.2, 0.25) is 0 Å². The normalized spacial score (nSPS) is 29.2. The SMILES string of the molecule is Cc1ccccc1-c1ccccc1C12CCCC34CC(CC5(CC(C1)c1ccccc1-c1ccccc15)C23)c1ccccc1-c1c(O)cccc14. The quantitative estimate of drug-likeness (QED) is 0.196. The van der Waals surface area contributed by atoms with Crippen LogP contribution < -0.4 is 0 Å². The molecule has 3 saturated carbocycles. The second-order valence-corrected chi connectivity index (χ2v) is 16.7. The monoisotopic (exact) mass is 660 g/mol. The lowest BCUT2D eigenvalue weighted by atomic mass is 9.33. The number of aromatic hydroxyl groups is 1. The Hall–Kier alpha value is -4.88. The third-order valence-electron chi connectivity index (χ3n) is 14.6. The van der Waals surface area contributed by atoms with Crippen LogP contribution in [-0.2, 0) is 16.2 Å². The summed E-state index contributed by atoms with van der Waals surface area (Å²) in [5.74, 6) is 1.66. The number of benzene rings is 6. The second kappa shape index (κ2) is 10.6. The maximum atomic E-state index is 11.9. The largest absolute Gasteiger partial charge is 0.507 e. The zero-order valence-corrected chi connectivity index (χ0v) is 29.4. The number of aryl methyl sites for hydroxylation is 1. The molecule has 1 N–H and O–H groups in total. The van der Waals surface area contributed by atoms with Gasteiger partial charge in [-0.2, -0.15) is 0 Å². The molecule has 250 valence electrons. The van der Waals surface area contributed by atoms with Gasteiger partial charge in [0.15, 0.2) is 0 Å². The molecule has 1 nitrogen and oxygen atoms in total. The third-order valence-corrected chi connectivity index (χ3v) is 14.6. The molecule has 5 aliphatic rings. The van der Waals surface area contributed by atoms with Crippen LogP contribution in [0.2, 0.25) is 0 Å². The molecule has 6 unspecified atom stereocenters. The first-order valence-electron chi connectivity index (χ1n) is 19.3. The zero-order chi connectivity index (χ0) is 34.0. The lowest BCUT2D eigenvalue weighted by Gasteiger charge is -2.70. The van der Waals surface area contributed by atoms with Crippen LogP contribution in [0.4, 0.5) is 0 Å². The molecule has 2 spiro atoms. The molecule has 11 rings (SSSR count). The maximum Gasteiger partial charge on any atom is 0.123 e. The van der Waals surface area contributed by atoms with Crippen molar-refractivity contribution in [3.05, 3.63) is 173 Å². The van der Waals surface area contributed by atoms with Gasteiger partial charge in [0.05, 0.1) is 0 Å². The van der Waals surface area contributed by atoms with Crippen LogP contribution in [0, 0.1) is 12.8 Å². The van der Waals surface area contributed by atoms with E-state index in [0.29, 0.717) is 23.5 Å². The first-order chi connectivity index (χ1) is 25.0. The molecule has 0 heterocycles. The molecule has 6 atom stereocenters. The van der Waals surface area contributed by atoms with Gasteiger partial charge in [-0.25, -0.2) is 0 Å². The second-order valence-electron chi connectivity index (χ2n) is 16.7. The predicted molar refractivity (Wildman–Crippen MR) is 208 cm³/mol. The number of fused-ring (bicyclic) bond motifs is 10. The fourth-order valence-electron chi connectivity index (χ4n) is 13.5. The van der Waals surface area contributed by atoms with E-state index in [2.05, 4.69) is 140 Å². The van der Waals surface area contributed by atoms with Gasteiger partial charge in [0.25, 0.3) is 0 Å². The van der Waals surface area contributed by atoms with Crippen molar-refractivity contribution in [2.24, 2.45) is 5.92 Å². The van der Waals surface area contributed by atoms with Crippen LogP contribution in [0.3, 0.4) is 0 Å². The van der Waals surface area contributed by atoms with Crippen LogP contribution in [0.15, 0.2) is 140 Å². The van der Waals surface area contributed by atoms with E-state index in [1.807, 2.05) is 6.07 Å². The molecule has 0 saturated heterocycles. The van der Waals surface area contributed by atoms with E-state index >= 15 is 0 Å². The summed E-state index contributed by atoms with van der Waals surface area (Å²) in [6.45, 7) is 2.29. The molecular weight excluding hydrogens is 617 g/mol. The van der Waals surface area contributed by atoms with Gasteiger partial charge in [0.1, 0.15) is 5.75 Å². The van der Waals surface area contributed by atoms with E-state index in [4.69, 9.17) is 0 Å². The Bertz CT molecular complexity index is 2380. The van der Waals surface area contributed by atoms with E-state index in [0.717, 1.165) is 31.2 Å². The number of rotatable bonds is 2. The third kappa shape index (κ3) is 3.82. The standard InChI is InChI=1S/C50H44O/c1-32-14-2-3-15-35(32)39-19-8-10-22-42(39)48-26-13-27-49-29-34(37-17-5-7-21-41(37)46-44(49)24-12-25-45(46)51)31-50(47(48)49)30-33(28-48)36-16-4-6-18-38(36)40-20-9-11-23-43(40)50/h2-12,14-25,33-34,47,51H,13,26-31H2,1H3. The Morgan fingerprint density at radius 2 is 0.922 bits per heavy atom. The molecule has 0 amide bonds. The molecule has 0 radical (unpaired) electrons. The van der Waals surface area contributed by atoms with Crippen LogP contribution in [-0.4, -0.2) is 5.11 Å². The lowest BCUT2D eigenvalue weighted by Crippen LogP contribution is -2.66. The topological polar surface area (TPSA) is 20.2 Å². The molecule has 51 heavy (non-hydrogen) atoms. The van der Waals surface area contributed by atoms with Gasteiger partial charge in [0, 0.05) is 21.8 Å². The summed E-state index contributed by atoms with van der Waals surface area (Å²) < 4.78 is 0.